The molecule has 1 unspecified atom stereocenters. The molecule has 3 amide bonds. The molecule has 1 saturated heterocycles. The number of piperazine rings is 1. The number of urea groups is 1. The third-order valence-corrected chi connectivity index (χ3v) is 4.65. The van der Waals surface area contributed by atoms with E-state index in [-0.39, 0.29) is 18.0 Å². The Morgan fingerprint density at radius 1 is 1.24 bits per heavy atom. The molecule has 1 aromatic heterocycles. The van der Waals surface area contributed by atoms with Crippen LogP contribution in [0.25, 0.3) is 0 Å². The Morgan fingerprint density at radius 3 is 2.52 bits per heavy atom. The van der Waals surface area contributed by atoms with Crippen molar-refractivity contribution in [3.8, 4) is 5.88 Å². The van der Waals surface area contributed by atoms with Crippen molar-refractivity contribution >= 4 is 17.6 Å². The molecule has 1 saturated carbocycles. The molecule has 1 aromatic rings. The molecule has 3 rings (SSSR count). The number of methoxy groups -OCH3 is 1. The van der Waals surface area contributed by atoms with Gasteiger partial charge in [-0.1, -0.05) is 0 Å². The number of pyridine rings is 1. The first-order valence-electron chi connectivity index (χ1n) is 8.67. The monoisotopic (exact) mass is 347 g/mol. The van der Waals surface area contributed by atoms with E-state index in [0.717, 1.165) is 12.8 Å². The van der Waals surface area contributed by atoms with Crippen molar-refractivity contribution in [2.45, 2.75) is 31.8 Å². The van der Waals surface area contributed by atoms with Gasteiger partial charge >= 0.3 is 6.03 Å². The topological polar surface area (TPSA) is 86.8 Å². The molecule has 2 aliphatic rings. The molecule has 1 aliphatic carbocycles. The summed E-state index contributed by atoms with van der Waals surface area (Å²) in [6, 6.07) is 3.52. The van der Waals surface area contributed by atoms with Gasteiger partial charge in [0.1, 0.15) is 0 Å². The van der Waals surface area contributed by atoms with E-state index in [1.54, 1.807) is 30.3 Å². The zero-order valence-corrected chi connectivity index (χ0v) is 14.7. The van der Waals surface area contributed by atoms with E-state index < -0.39 is 0 Å². The van der Waals surface area contributed by atoms with Gasteiger partial charge in [-0.05, 0) is 25.8 Å². The molecule has 1 atom stereocenters. The lowest BCUT2D eigenvalue weighted by molar-refractivity contribution is -0.126. The second-order valence-electron chi connectivity index (χ2n) is 6.50. The van der Waals surface area contributed by atoms with Crippen molar-refractivity contribution in [2.75, 3.05) is 38.6 Å². The molecule has 0 spiro atoms. The Bertz CT molecular complexity index is 609. The lowest BCUT2D eigenvalue weighted by Crippen LogP contribution is -2.55. The molecule has 2 heterocycles. The van der Waals surface area contributed by atoms with Gasteiger partial charge in [-0.2, -0.15) is 0 Å². The van der Waals surface area contributed by atoms with Gasteiger partial charge in [-0.25, -0.2) is 9.78 Å². The number of rotatable bonds is 5. The van der Waals surface area contributed by atoms with Gasteiger partial charge in [0.25, 0.3) is 0 Å². The standard InChI is InChI=1S/C17H25N5O3/c1-12(16(23)19-13-3-4-13)21-7-9-22(10-8-21)17(24)20-14-5-6-15(25-2)18-11-14/h5-6,11-13H,3-4,7-10H2,1-2H3,(H,19,23)(H,20,24). The fourth-order valence-electron chi connectivity index (χ4n) is 2.81. The van der Waals surface area contributed by atoms with Crippen molar-refractivity contribution in [2.24, 2.45) is 0 Å². The summed E-state index contributed by atoms with van der Waals surface area (Å²) in [6.45, 7) is 4.49. The minimum Gasteiger partial charge on any atom is -0.481 e. The maximum atomic E-state index is 12.3. The maximum absolute atomic E-state index is 12.3. The lowest BCUT2D eigenvalue weighted by atomic mass is 10.2. The summed E-state index contributed by atoms with van der Waals surface area (Å²) in [6.07, 6.45) is 3.75. The Kier molecular flexibility index (Phi) is 5.37. The average molecular weight is 347 g/mol. The average Bonchev–Trinajstić information content (AvgIpc) is 3.45. The van der Waals surface area contributed by atoms with Crippen LogP contribution in [-0.2, 0) is 4.79 Å². The fourth-order valence-corrected chi connectivity index (χ4v) is 2.81. The third-order valence-electron chi connectivity index (χ3n) is 4.65. The zero-order chi connectivity index (χ0) is 17.8. The van der Waals surface area contributed by atoms with Gasteiger partial charge in [0, 0.05) is 38.3 Å². The van der Waals surface area contributed by atoms with E-state index in [1.807, 2.05) is 6.92 Å². The van der Waals surface area contributed by atoms with E-state index in [1.165, 1.54) is 0 Å². The van der Waals surface area contributed by atoms with Crippen molar-refractivity contribution in [3.63, 3.8) is 0 Å². The zero-order valence-electron chi connectivity index (χ0n) is 14.7. The summed E-state index contributed by atoms with van der Waals surface area (Å²) in [7, 11) is 1.55. The number of carbonyl (C=O) groups is 2. The molecule has 8 nitrogen and oxygen atoms in total. The summed E-state index contributed by atoms with van der Waals surface area (Å²) >= 11 is 0. The molecule has 0 aromatic carbocycles. The van der Waals surface area contributed by atoms with Crippen LogP contribution in [0.4, 0.5) is 10.5 Å². The van der Waals surface area contributed by atoms with Crippen LogP contribution in [0.1, 0.15) is 19.8 Å². The Labute approximate surface area is 147 Å². The molecular formula is C17H25N5O3. The van der Waals surface area contributed by atoms with Crippen molar-refractivity contribution in [1.82, 2.24) is 20.1 Å². The Morgan fingerprint density at radius 2 is 1.96 bits per heavy atom. The van der Waals surface area contributed by atoms with Crippen LogP contribution in [-0.4, -0.2) is 72.1 Å². The highest BCUT2D eigenvalue weighted by Crippen LogP contribution is 2.19. The number of ether oxygens (including phenoxy) is 1. The minimum absolute atomic E-state index is 0.0877. The third kappa shape index (κ3) is 4.60. The van der Waals surface area contributed by atoms with E-state index in [4.69, 9.17) is 4.74 Å². The number of carbonyl (C=O) groups excluding carboxylic acids is 2. The molecule has 1 aliphatic heterocycles. The van der Waals surface area contributed by atoms with E-state index in [0.29, 0.717) is 43.8 Å². The molecule has 2 N–H and O–H groups in total. The highest BCUT2D eigenvalue weighted by Gasteiger charge is 2.30. The number of hydrogen-bond acceptors (Lipinski definition) is 5. The van der Waals surface area contributed by atoms with Gasteiger partial charge in [0.2, 0.25) is 11.8 Å². The van der Waals surface area contributed by atoms with E-state index in [9.17, 15) is 9.59 Å². The van der Waals surface area contributed by atoms with E-state index >= 15 is 0 Å². The van der Waals surface area contributed by atoms with E-state index in [2.05, 4.69) is 20.5 Å². The van der Waals surface area contributed by atoms with Gasteiger partial charge in [-0.3, -0.25) is 9.69 Å². The molecule has 2 fully saturated rings. The number of nitrogens with one attached hydrogen (secondary N) is 2. The number of aromatic nitrogens is 1. The minimum atomic E-state index is -0.156. The van der Waals surface area contributed by atoms with Crippen molar-refractivity contribution < 1.29 is 14.3 Å². The molecule has 0 bridgehead atoms. The number of nitrogens with zero attached hydrogens (tertiary/aromatic N) is 3. The van der Waals surface area contributed by atoms with Crippen LogP contribution in [0.3, 0.4) is 0 Å². The summed E-state index contributed by atoms with van der Waals surface area (Å²) < 4.78 is 5.00. The smallest absolute Gasteiger partial charge is 0.321 e. The van der Waals surface area contributed by atoms with Gasteiger partial charge in [0.15, 0.2) is 0 Å². The van der Waals surface area contributed by atoms with Gasteiger partial charge in [-0.15, -0.1) is 0 Å². The van der Waals surface area contributed by atoms with Crippen molar-refractivity contribution in [1.29, 1.82) is 0 Å². The number of amides is 3. The van der Waals surface area contributed by atoms with Crippen molar-refractivity contribution in [3.05, 3.63) is 18.3 Å². The van der Waals surface area contributed by atoms with Crippen LogP contribution in [0.2, 0.25) is 0 Å². The number of anilines is 1. The number of hydrogen-bond donors (Lipinski definition) is 2. The summed E-state index contributed by atoms with van der Waals surface area (Å²) in [4.78, 5) is 32.4. The fraction of sp³-hybridized carbons (Fsp3) is 0.588. The van der Waals surface area contributed by atoms with Crippen LogP contribution in [0.15, 0.2) is 18.3 Å². The van der Waals surface area contributed by atoms with Gasteiger partial charge < -0.3 is 20.3 Å². The lowest BCUT2D eigenvalue weighted by Gasteiger charge is -2.37. The normalized spacial score (nSPS) is 19.2. The molecular weight excluding hydrogens is 322 g/mol. The molecule has 25 heavy (non-hydrogen) atoms. The molecule has 0 radical (unpaired) electrons. The van der Waals surface area contributed by atoms with Gasteiger partial charge in [0.05, 0.1) is 25.0 Å². The van der Waals surface area contributed by atoms with Crippen LogP contribution < -0.4 is 15.4 Å². The Hall–Kier alpha value is -2.35. The summed E-state index contributed by atoms with van der Waals surface area (Å²) in [5.74, 6) is 0.592. The first-order chi connectivity index (χ1) is 12.1. The highest BCUT2D eigenvalue weighted by atomic mass is 16.5. The largest absolute Gasteiger partial charge is 0.481 e. The second kappa shape index (κ2) is 7.69. The van der Waals surface area contributed by atoms with Crippen LogP contribution in [0.5, 0.6) is 5.88 Å². The first kappa shape index (κ1) is 17.5. The maximum Gasteiger partial charge on any atom is 0.321 e. The van der Waals surface area contributed by atoms with Crippen LogP contribution in [0, 0.1) is 0 Å². The predicted molar refractivity (Wildman–Crippen MR) is 93.6 cm³/mol. The quantitative estimate of drug-likeness (QED) is 0.827. The highest BCUT2D eigenvalue weighted by molar-refractivity contribution is 5.89. The second-order valence-corrected chi connectivity index (χ2v) is 6.50. The SMILES string of the molecule is COc1ccc(NC(=O)N2CCN(C(C)C(=O)NC3CC3)CC2)cn1. The molecule has 8 heteroatoms. The summed E-state index contributed by atoms with van der Waals surface area (Å²) in [5.41, 5.74) is 0.630. The summed E-state index contributed by atoms with van der Waals surface area (Å²) in [5, 5.41) is 5.87. The molecule has 136 valence electrons. The van der Waals surface area contributed by atoms with Crippen LogP contribution >= 0.6 is 0 Å². The predicted octanol–water partition coefficient (Wildman–Crippen LogP) is 0.907. The first-order valence-corrected chi connectivity index (χ1v) is 8.67. The Balaban J connectivity index is 1.45.